The number of amides is 1. The molecule has 3 nitrogen and oxygen atoms in total. The van der Waals surface area contributed by atoms with Crippen molar-refractivity contribution >= 4 is 5.91 Å². The molecule has 1 heterocycles. The molecule has 3 heteroatoms. The summed E-state index contributed by atoms with van der Waals surface area (Å²) < 4.78 is 0. The van der Waals surface area contributed by atoms with Crippen LogP contribution in [0.4, 0.5) is 0 Å². The summed E-state index contributed by atoms with van der Waals surface area (Å²) in [6.45, 7) is 5.05. The van der Waals surface area contributed by atoms with Gasteiger partial charge in [-0.3, -0.25) is 4.79 Å². The summed E-state index contributed by atoms with van der Waals surface area (Å²) in [5, 5.41) is 3.51. The van der Waals surface area contributed by atoms with Crippen molar-refractivity contribution in [2.75, 3.05) is 19.6 Å². The lowest BCUT2D eigenvalue weighted by atomic mass is 10.0. The van der Waals surface area contributed by atoms with E-state index in [0.717, 1.165) is 25.6 Å². The molecule has 1 N–H and O–H groups in total. The molecule has 1 amide bonds. The fraction of sp³-hybridized carbons (Fsp3) is 0.933. The Morgan fingerprint density at radius 3 is 2.50 bits per heavy atom. The molecule has 3 fully saturated rings. The van der Waals surface area contributed by atoms with Crippen LogP contribution in [0.15, 0.2) is 0 Å². The highest BCUT2D eigenvalue weighted by atomic mass is 16.2. The highest BCUT2D eigenvalue weighted by molar-refractivity contribution is 5.81. The van der Waals surface area contributed by atoms with Gasteiger partial charge in [0, 0.05) is 19.6 Å². The third kappa shape index (κ3) is 2.56. The second-order valence-corrected chi connectivity index (χ2v) is 6.63. The van der Waals surface area contributed by atoms with Gasteiger partial charge in [-0.2, -0.15) is 0 Å². The highest BCUT2D eigenvalue weighted by Gasteiger charge is 2.53. The minimum Gasteiger partial charge on any atom is -0.341 e. The molecule has 2 aliphatic carbocycles. The Kier molecular flexibility index (Phi) is 3.35. The van der Waals surface area contributed by atoms with E-state index in [-0.39, 0.29) is 6.04 Å². The maximum Gasteiger partial charge on any atom is 0.239 e. The van der Waals surface area contributed by atoms with E-state index in [0.29, 0.717) is 11.3 Å². The molecule has 102 valence electrons. The first-order chi connectivity index (χ1) is 8.71. The average molecular weight is 250 g/mol. The van der Waals surface area contributed by atoms with Gasteiger partial charge < -0.3 is 10.2 Å². The van der Waals surface area contributed by atoms with Crippen LogP contribution in [0.1, 0.15) is 51.9 Å². The van der Waals surface area contributed by atoms with E-state index in [1.165, 1.54) is 44.9 Å². The zero-order valence-corrected chi connectivity index (χ0v) is 11.6. The molecule has 0 spiro atoms. The molecule has 0 aromatic carbocycles. The molecule has 1 unspecified atom stereocenters. The lowest BCUT2D eigenvalue weighted by molar-refractivity contribution is -0.134. The molecule has 0 aromatic heterocycles. The molecule has 2 saturated carbocycles. The zero-order chi connectivity index (χ0) is 12.6. The molecule has 3 rings (SSSR count). The van der Waals surface area contributed by atoms with E-state index in [2.05, 4.69) is 10.2 Å². The number of hydrogen-bond acceptors (Lipinski definition) is 2. The van der Waals surface area contributed by atoms with Gasteiger partial charge in [0.25, 0.3) is 0 Å². The molecule has 1 atom stereocenters. The van der Waals surface area contributed by atoms with Crippen molar-refractivity contribution in [1.29, 1.82) is 0 Å². The Hall–Kier alpha value is -0.570. The van der Waals surface area contributed by atoms with Crippen molar-refractivity contribution in [1.82, 2.24) is 10.2 Å². The summed E-state index contributed by atoms with van der Waals surface area (Å²) in [6, 6.07) is 0.0133. The fourth-order valence-electron chi connectivity index (χ4n) is 3.42. The van der Waals surface area contributed by atoms with Crippen LogP contribution in [0.5, 0.6) is 0 Å². The monoisotopic (exact) mass is 250 g/mol. The van der Waals surface area contributed by atoms with Crippen LogP contribution in [0.2, 0.25) is 0 Å². The Morgan fingerprint density at radius 1 is 1.28 bits per heavy atom. The third-order valence-corrected chi connectivity index (χ3v) is 5.13. The molecule has 0 radical (unpaired) electrons. The van der Waals surface area contributed by atoms with Crippen LogP contribution in [0.25, 0.3) is 0 Å². The quantitative estimate of drug-likeness (QED) is 0.811. The van der Waals surface area contributed by atoms with Gasteiger partial charge in [0.2, 0.25) is 5.91 Å². The topological polar surface area (TPSA) is 32.3 Å². The highest BCUT2D eigenvalue weighted by Crippen LogP contribution is 2.60. The molecular weight excluding hydrogens is 224 g/mol. The van der Waals surface area contributed by atoms with Gasteiger partial charge in [-0.15, -0.1) is 0 Å². The van der Waals surface area contributed by atoms with Crippen molar-refractivity contribution in [3.63, 3.8) is 0 Å². The van der Waals surface area contributed by atoms with Crippen LogP contribution in [-0.2, 0) is 4.79 Å². The van der Waals surface area contributed by atoms with E-state index < -0.39 is 0 Å². The van der Waals surface area contributed by atoms with E-state index in [1.54, 1.807) is 0 Å². The summed E-state index contributed by atoms with van der Waals surface area (Å²) in [5.41, 5.74) is 0.594. The van der Waals surface area contributed by atoms with Crippen molar-refractivity contribution in [2.24, 2.45) is 11.3 Å². The molecule has 0 bridgehead atoms. The molecule has 3 aliphatic rings. The van der Waals surface area contributed by atoms with E-state index >= 15 is 0 Å². The van der Waals surface area contributed by atoms with Crippen molar-refractivity contribution < 1.29 is 4.79 Å². The standard InChI is InChI=1S/C15H26N2O/c1-12(14(18)17-9-3-2-4-10-17)16-11-15(7-8-15)13-5-6-13/h12-13,16H,2-11H2,1H3. The van der Waals surface area contributed by atoms with Gasteiger partial charge >= 0.3 is 0 Å². The molecule has 18 heavy (non-hydrogen) atoms. The number of carbonyl (C=O) groups is 1. The number of likely N-dealkylation sites (tertiary alicyclic amines) is 1. The molecule has 1 aliphatic heterocycles. The van der Waals surface area contributed by atoms with Crippen LogP contribution >= 0.6 is 0 Å². The van der Waals surface area contributed by atoms with Gasteiger partial charge in [-0.25, -0.2) is 0 Å². The summed E-state index contributed by atoms with van der Waals surface area (Å²) in [6.07, 6.45) is 9.28. The largest absolute Gasteiger partial charge is 0.341 e. The predicted molar refractivity (Wildman–Crippen MR) is 72.3 cm³/mol. The molecule has 0 aromatic rings. The number of carbonyl (C=O) groups excluding carboxylic acids is 1. The Morgan fingerprint density at radius 2 is 1.94 bits per heavy atom. The van der Waals surface area contributed by atoms with Gasteiger partial charge in [-0.05, 0) is 63.2 Å². The van der Waals surface area contributed by atoms with Gasteiger partial charge in [0.15, 0.2) is 0 Å². The second-order valence-electron chi connectivity index (χ2n) is 6.63. The van der Waals surface area contributed by atoms with Crippen molar-refractivity contribution in [3.05, 3.63) is 0 Å². The lowest BCUT2D eigenvalue weighted by Crippen LogP contribution is -2.48. The summed E-state index contributed by atoms with van der Waals surface area (Å²) >= 11 is 0. The van der Waals surface area contributed by atoms with Crippen LogP contribution < -0.4 is 5.32 Å². The summed E-state index contributed by atoms with van der Waals surface area (Å²) in [4.78, 5) is 14.3. The van der Waals surface area contributed by atoms with Crippen molar-refractivity contribution in [2.45, 2.75) is 57.9 Å². The number of nitrogens with zero attached hydrogens (tertiary/aromatic N) is 1. The van der Waals surface area contributed by atoms with Crippen molar-refractivity contribution in [3.8, 4) is 0 Å². The van der Waals surface area contributed by atoms with E-state index in [4.69, 9.17) is 0 Å². The predicted octanol–water partition coefficient (Wildman–Crippen LogP) is 2.17. The maximum atomic E-state index is 12.3. The molecular formula is C15H26N2O. The van der Waals surface area contributed by atoms with E-state index in [1.807, 2.05) is 6.92 Å². The van der Waals surface area contributed by atoms with Gasteiger partial charge in [0.05, 0.1) is 6.04 Å². The minimum absolute atomic E-state index is 0.0133. The number of hydrogen-bond donors (Lipinski definition) is 1. The first-order valence-corrected chi connectivity index (χ1v) is 7.73. The number of piperidine rings is 1. The lowest BCUT2D eigenvalue weighted by Gasteiger charge is -2.30. The summed E-state index contributed by atoms with van der Waals surface area (Å²) in [5.74, 6) is 1.29. The normalized spacial score (nSPS) is 27.9. The SMILES string of the molecule is CC(NCC1(C2CC2)CC1)C(=O)N1CCCCC1. The third-order valence-electron chi connectivity index (χ3n) is 5.13. The van der Waals surface area contributed by atoms with Crippen LogP contribution in [-0.4, -0.2) is 36.5 Å². The van der Waals surface area contributed by atoms with Gasteiger partial charge in [0.1, 0.15) is 0 Å². The van der Waals surface area contributed by atoms with Gasteiger partial charge in [-0.1, -0.05) is 0 Å². The second kappa shape index (κ2) is 4.84. The van der Waals surface area contributed by atoms with Crippen LogP contribution in [0, 0.1) is 11.3 Å². The fourth-order valence-corrected chi connectivity index (χ4v) is 3.42. The smallest absolute Gasteiger partial charge is 0.239 e. The average Bonchev–Trinajstić information content (AvgIpc) is 3.28. The van der Waals surface area contributed by atoms with E-state index in [9.17, 15) is 4.79 Å². The summed E-state index contributed by atoms with van der Waals surface area (Å²) in [7, 11) is 0. The number of rotatable bonds is 5. The van der Waals surface area contributed by atoms with Crippen LogP contribution in [0.3, 0.4) is 0 Å². The molecule has 1 saturated heterocycles. The zero-order valence-electron chi connectivity index (χ0n) is 11.6. The first-order valence-electron chi connectivity index (χ1n) is 7.73. The Balaban J connectivity index is 1.45. The Labute approximate surface area is 110 Å². The minimum atomic E-state index is 0.0133. The number of nitrogens with one attached hydrogen (secondary N) is 1. The maximum absolute atomic E-state index is 12.3. The first kappa shape index (κ1) is 12.5. The Bertz CT molecular complexity index is 314.